The van der Waals surface area contributed by atoms with Crippen molar-refractivity contribution in [3.63, 3.8) is 0 Å². The highest BCUT2D eigenvalue weighted by Gasteiger charge is 2.90. The maximum atomic E-state index is 16.7. The van der Waals surface area contributed by atoms with Crippen LogP contribution >= 0.6 is 0 Å². The molecule has 0 aliphatic heterocycles. The van der Waals surface area contributed by atoms with Crippen LogP contribution in [0, 0.1) is 0 Å². The normalized spacial score (nSPS) is 13.5. The molecule has 4 N–H and O–H groups in total. The van der Waals surface area contributed by atoms with Crippen LogP contribution in [-0.2, 0) is 11.6 Å². The second-order valence-electron chi connectivity index (χ2n) is 12.0. The molecular weight excluding hydrogens is 852 g/mol. The molecule has 60 heavy (non-hydrogen) atoms. The summed E-state index contributed by atoms with van der Waals surface area (Å²) in [6, 6.07) is 3.59. The fourth-order valence-electron chi connectivity index (χ4n) is 5.24. The van der Waals surface area contributed by atoms with E-state index in [0.29, 0.717) is 30.3 Å². The molecule has 0 saturated carbocycles. The van der Waals surface area contributed by atoms with Crippen LogP contribution in [0.3, 0.4) is 0 Å². The molecule has 1 atom stereocenters. The van der Waals surface area contributed by atoms with Crippen LogP contribution in [0.5, 0.6) is 11.5 Å². The van der Waals surface area contributed by atoms with Gasteiger partial charge in [-0.15, -0.1) is 0 Å². The Morgan fingerprint density at radius 1 is 0.400 bits per heavy atom. The quantitative estimate of drug-likeness (QED) is 0.0537. The number of carbonyl (C=O) groups excluding carboxylic acids is 2. The molecule has 0 fully saturated rings. The van der Waals surface area contributed by atoms with E-state index in [1.807, 2.05) is 0 Å². The number of alkyl halides is 12. The molecule has 0 spiro atoms. The van der Waals surface area contributed by atoms with Crippen LogP contribution in [0.15, 0.2) is 84.9 Å². The van der Waals surface area contributed by atoms with E-state index in [4.69, 9.17) is 19.7 Å². The van der Waals surface area contributed by atoms with E-state index in [1.165, 1.54) is 0 Å². The van der Waals surface area contributed by atoms with E-state index in [0.717, 1.165) is 6.07 Å². The molecule has 318 valence electrons. The van der Waals surface area contributed by atoms with Gasteiger partial charge in [-0.25, -0.2) is 33.2 Å². The monoisotopic (exact) mass is 870 g/mol. The van der Waals surface area contributed by atoms with Crippen molar-refractivity contribution in [1.82, 2.24) is 0 Å². The lowest BCUT2D eigenvalue weighted by atomic mass is 9.76. The average Bonchev–Trinajstić information content (AvgIpc) is 3.16. The maximum Gasteiger partial charge on any atom is 0.460 e. The van der Waals surface area contributed by atoms with Gasteiger partial charge in [0.2, 0.25) is 0 Å². The Hall–Kier alpha value is -7.14. The molecule has 0 saturated heterocycles. The van der Waals surface area contributed by atoms with Crippen molar-refractivity contribution < 1.29 is 111 Å². The topological polar surface area (TPSA) is 202 Å². The number of benzene rings is 4. The SMILES string of the molecule is O=C(Oc1ccc(C(F)(F)C(F)(c2ccc(OC(=O)c3ccc(C(=O)O)c(C(=O)O)c3)cc2)C(F)(F)C(F)(F)C(F)(F)C(F)(F)F)cc1)c1ccc(C(=O)O)c(C(=O)O)c1. The summed E-state index contributed by atoms with van der Waals surface area (Å²) in [5.74, 6) is -42.1. The second-order valence-corrected chi connectivity index (χ2v) is 12.0. The van der Waals surface area contributed by atoms with E-state index < -0.39 is 127 Å². The zero-order valence-corrected chi connectivity index (χ0v) is 28.7. The van der Waals surface area contributed by atoms with Crippen molar-refractivity contribution in [2.75, 3.05) is 0 Å². The highest BCUT2D eigenvalue weighted by molar-refractivity contribution is 6.05. The Morgan fingerprint density at radius 3 is 1.05 bits per heavy atom. The zero-order chi connectivity index (χ0) is 45.6. The van der Waals surface area contributed by atoms with Gasteiger partial charge in [-0.1, -0.05) is 12.1 Å². The van der Waals surface area contributed by atoms with Crippen LogP contribution in [0.25, 0.3) is 0 Å². The zero-order valence-electron chi connectivity index (χ0n) is 28.7. The van der Waals surface area contributed by atoms with Gasteiger partial charge in [0.05, 0.1) is 33.4 Å². The van der Waals surface area contributed by atoms with E-state index in [2.05, 4.69) is 0 Å². The van der Waals surface area contributed by atoms with Gasteiger partial charge in [-0.05, 0) is 72.8 Å². The highest BCUT2D eigenvalue weighted by atomic mass is 19.4. The van der Waals surface area contributed by atoms with Crippen molar-refractivity contribution in [3.05, 3.63) is 129 Å². The number of hydrogen-bond acceptors (Lipinski definition) is 8. The van der Waals surface area contributed by atoms with Crippen molar-refractivity contribution in [2.45, 2.75) is 35.5 Å². The minimum atomic E-state index is -8.01. The second kappa shape index (κ2) is 15.6. The Bertz CT molecular complexity index is 2400. The van der Waals surface area contributed by atoms with Gasteiger partial charge in [-0.2, -0.15) is 48.3 Å². The molecule has 0 heterocycles. The standard InChI is InChI=1S/C36H18F12O12/c37-31(33(40,41)34(42,43)35(44,45)36(46,47)48,17-3-7-19(8-4-17)59-29(57)15-1-11-21(25(49)50)23(13-15)27(53)54)32(38,39)18-5-9-20(10-6-18)60-30(58)16-2-12-22(26(51)52)24(14-16)28(55)56/h1-14H,(H,49,50)(H,51,52)(H,53,54)(H,55,56). The average molecular weight is 871 g/mol. The minimum absolute atomic E-state index is 0.110. The summed E-state index contributed by atoms with van der Waals surface area (Å²) >= 11 is 0. The van der Waals surface area contributed by atoms with Gasteiger partial charge in [0.1, 0.15) is 11.5 Å². The lowest BCUT2D eigenvalue weighted by Crippen LogP contribution is -2.69. The number of carbonyl (C=O) groups is 6. The Kier molecular flexibility index (Phi) is 11.8. The summed E-state index contributed by atoms with van der Waals surface area (Å²) in [6.07, 6.45) is -7.60. The molecule has 4 aromatic rings. The van der Waals surface area contributed by atoms with Crippen molar-refractivity contribution in [3.8, 4) is 11.5 Å². The van der Waals surface area contributed by atoms with Crippen LogP contribution < -0.4 is 9.47 Å². The van der Waals surface area contributed by atoms with E-state index >= 15 is 22.0 Å². The van der Waals surface area contributed by atoms with Gasteiger partial charge in [0.15, 0.2) is 0 Å². The first-order chi connectivity index (χ1) is 27.4. The Balaban J connectivity index is 1.78. The van der Waals surface area contributed by atoms with Crippen molar-refractivity contribution >= 4 is 35.8 Å². The third kappa shape index (κ3) is 7.73. The van der Waals surface area contributed by atoms with Gasteiger partial charge in [-0.3, -0.25) is 0 Å². The third-order valence-corrected chi connectivity index (χ3v) is 8.33. The van der Waals surface area contributed by atoms with Crippen molar-refractivity contribution in [1.29, 1.82) is 0 Å². The number of hydrogen-bond donors (Lipinski definition) is 4. The van der Waals surface area contributed by atoms with Crippen LogP contribution in [0.2, 0.25) is 0 Å². The van der Waals surface area contributed by atoms with E-state index in [-0.39, 0.29) is 48.5 Å². The highest BCUT2D eigenvalue weighted by Crippen LogP contribution is 2.65. The van der Waals surface area contributed by atoms with Gasteiger partial charge >= 0.3 is 65.7 Å². The molecule has 0 amide bonds. The molecule has 0 bridgehead atoms. The number of esters is 2. The van der Waals surface area contributed by atoms with Crippen LogP contribution in [0.4, 0.5) is 52.7 Å². The number of halogens is 12. The number of carboxylic acid groups (broad SMARTS) is 4. The predicted molar refractivity (Wildman–Crippen MR) is 171 cm³/mol. The molecule has 4 aromatic carbocycles. The molecule has 0 radical (unpaired) electrons. The van der Waals surface area contributed by atoms with Gasteiger partial charge in [0, 0.05) is 11.1 Å². The van der Waals surface area contributed by atoms with E-state index in [1.54, 1.807) is 0 Å². The molecule has 0 aliphatic rings. The summed E-state index contributed by atoms with van der Waals surface area (Å²) in [5.41, 5.74) is -16.1. The van der Waals surface area contributed by atoms with Gasteiger partial charge in [0.25, 0.3) is 5.67 Å². The molecule has 12 nitrogen and oxygen atoms in total. The molecule has 0 aromatic heterocycles. The van der Waals surface area contributed by atoms with Crippen molar-refractivity contribution in [2.24, 2.45) is 0 Å². The minimum Gasteiger partial charge on any atom is -0.478 e. The van der Waals surface area contributed by atoms with Crippen LogP contribution in [-0.4, -0.2) is 80.2 Å². The fraction of sp³-hybridized carbons (Fsp3) is 0.167. The Morgan fingerprint density at radius 2 is 0.733 bits per heavy atom. The number of aromatic carboxylic acids is 4. The number of rotatable bonds is 14. The fourth-order valence-corrected chi connectivity index (χ4v) is 5.24. The first kappa shape index (κ1) is 45.6. The molecule has 4 rings (SSSR count). The smallest absolute Gasteiger partial charge is 0.460 e. The van der Waals surface area contributed by atoms with Crippen LogP contribution in [0.1, 0.15) is 73.3 Å². The third-order valence-electron chi connectivity index (χ3n) is 8.33. The first-order valence-corrected chi connectivity index (χ1v) is 15.6. The molecule has 1 unspecified atom stereocenters. The Labute approximate surface area is 323 Å². The summed E-state index contributed by atoms with van der Waals surface area (Å²) < 4.78 is 186. The number of ether oxygens (including phenoxy) is 2. The summed E-state index contributed by atoms with van der Waals surface area (Å²) in [7, 11) is 0. The lowest BCUT2D eigenvalue weighted by molar-refractivity contribution is -0.427. The van der Waals surface area contributed by atoms with E-state index in [9.17, 15) is 69.7 Å². The lowest BCUT2D eigenvalue weighted by Gasteiger charge is -2.44. The number of carboxylic acids is 4. The largest absolute Gasteiger partial charge is 0.478 e. The van der Waals surface area contributed by atoms with Gasteiger partial charge < -0.3 is 29.9 Å². The molecule has 24 heteroatoms. The molecule has 0 aliphatic carbocycles. The first-order valence-electron chi connectivity index (χ1n) is 15.6. The maximum absolute atomic E-state index is 16.7. The molecular formula is C36H18F12O12. The summed E-state index contributed by atoms with van der Waals surface area (Å²) in [6.45, 7) is 0. The predicted octanol–water partition coefficient (Wildman–Crippen LogP) is 8.34. The summed E-state index contributed by atoms with van der Waals surface area (Å²) in [4.78, 5) is 70.5. The summed E-state index contributed by atoms with van der Waals surface area (Å²) in [5, 5.41) is 36.7.